The zero-order valence-corrected chi connectivity index (χ0v) is 11.6. The minimum atomic E-state index is -0.574. The fourth-order valence-electron chi connectivity index (χ4n) is 0.477. The first-order chi connectivity index (χ1) is 3.93. The van der Waals surface area contributed by atoms with E-state index in [0.717, 1.165) is 0 Å². The number of pyridine rings is 1. The molecular formula is C5H5BrINZn. The van der Waals surface area contributed by atoms with E-state index in [2.05, 4.69) is 24.7 Å². The summed E-state index contributed by atoms with van der Waals surface area (Å²) in [6.45, 7) is 0. The quantitative estimate of drug-likeness (QED) is 0.555. The first-order valence-electron chi connectivity index (χ1n) is 2.39. The second-order valence-electron chi connectivity index (χ2n) is 1.45. The van der Waals surface area contributed by atoms with Crippen LogP contribution in [0, 0.1) is 0 Å². The van der Waals surface area contributed by atoms with Crippen molar-refractivity contribution < 1.29 is 15.2 Å². The molecule has 46 valence electrons. The molecule has 0 amide bonds. The van der Waals surface area contributed by atoms with Crippen LogP contribution in [0.2, 0.25) is 0 Å². The van der Waals surface area contributed by atoms with Crippen LogP contribution < -0.4 is 4.29 Å². The molecule has 4 heteroatoms. The molecule has 1 heterocycles. The molecule has 0 N–H and O–H groups in total. The van der Waals surface area contributed by atoms with Gasteiger partial charge in [-0.05, 0) is 0 Å². The van der Waals surface area contributed by atoms with Gasteiger partial charge in [0, 0.05) is 0 Å². The molecule has 0 aliphatic carbocycles. The molecule has 0 bridgehead atoms. The van der Waals surface area contributed by atoms with Gasteiger partial charge in [-0.25, -0.2) is 0 Å². The second-order valence-corrected chi connectivity index (χ2v) is 6.45. The van der Waals surface area contributed by atoms with Gasteiger partial charge < -0.3 is 0 Å². The molecule has 0 saturated heterocycles. The van der Waals surface area contributed by atoms with E-state index >= 15 is 0 Å². The predicted molar refractivity (Wildman–Crippen MR) is 48.2 cm³/mol. The van der Waals surface area contributed by atoms with Crippen molar-refractivity contribution in [1.29, 1.82) is 0 Å². The van der Waals surface area contributed by atoms with Crippen molar-refractivity contribution in [3.05, 3.63) is 24.4 Å². The van der Waals surface area contributed by atoms with Crippen LogP contribution in [0.25, 0.3) is 0 Å². The zero-order chi connectivity index (χ0) is 5.82. The van der Waals surface area contributed by atoms with Gasteiger partial charge >= 0.3 is 62.5 Å². The van der Waals surface area contributed by atoms with Crippen molar-refractivity contribution in [3.8, 4) is 0 Å². The number of nitrogens with zero attached hydrogens (tertiary/aromatic N) is 1. The summed E-state index contributed by atoms with van der Waals surface area (Å²) in [4.78, 5) is 4.13. The molecule has 0 aliphatic heterocycles. The van der Waals surface area contributed by atoms with Crippen LogP contribution in [0.3, 0.4) is 0 Å². The van der Waals surface area contributed by atoms with E-state index in [1.54, 1.807) is 0 Å². The van der Waals surface area contributed by atoms with E-state index in [1.165, 1.54) is 4.29 Å². The predicted octanol–water partition coefficient (Wildman–Crippen LogP) is 1.72. The summed E-state index contributed by atoms with van der Waals surface area (Å²) in [5.41, 5.74) is 0. The van der Waals surface area contributed by atoms with Crippen LogP contribution >= 0.6 is 37.6 Å². The van der Waals surface area contributed by atoms with Crippen molar-refractivity contribution in [2.75, 3.05) is 0 Å². The summed E-state index contributed by atoms with van der Waals surface area (Å²) < 4.78 is 1.26. The van der Waals surface area contributed by atoms with Crippen LogP contribution in [0.1, 0.15) is 0 Å². The molecule has 0 aliphatic rings. The fraction of sp³-hybridized carbons (Fsp3) is 0. The summed E-state index contributed by atoms with van der Waals surface area (Å²) in [5.74, 6) is 0. The third-order valence-electron chi connectivity index (χ3n) is 0.863. The van der Waals surface area contributed by atoms with E-state index in [-0.39, 0.29) is 24.0 Å². The molecule has 0 atom stereocenters. The van der Waals surface area contributed by atoms with E-state index in [1.807, 2.05) is 18.3 Å². The molecule has 0 unspecified atom stereocenters. The Balaban J connectivity index is 0.000000640. The molecule has 0 spiro atoms. The van der Waals surface area contributed by atoms with Crippen LogP contribution in [-0.4, -0.2) is 4.98 Å². The minimum absolute atomic E-state index is 0. The van der Waals surface area contributed by atoms with Crippen LogP contribution in [0.15, 0.2) is 24.4 Å². The van der Waals surface area contributed by atoms with Crippen molar-refractivity contribution in [1.82, 2.24) is 4.98 Å². The average Bonchev–Trinajstić information content (AvgIpc) is 1.90. The topological polar surface area (TPSA) is 12.9 Å². The molecule has 0 saturated carbocycles. The first kappa shape index (κ1) is 9.98. The van der Waals surface area contributed by atoms with Gasteiger partial charge in [0.05, 0.1) is 0 Å². The average molecular weight is 351 g/mol. The normalized spacial score (nSPS) is 7.22. The Morgan fingerprint density at radius 1 is 1.44 bits per heavy atom. The number of halogens is 2. The molecule has 0 fully saturated rings. The van der Waals surface area contributed by atoms with Crippen molar-refractivity contribution in [3.63, 3.8) is 0 Å². The van der Waals surface area contributed by atoms with E-state index in [9.17, 15) is 0 Å². The van der Waals surface area contributed by atoms with Gasteiger partial charge in [0.25, 0.3) is 0 Å². The fourth-order valence-corrected chi connectivity index (χ4v) is 3.04. The molecule has 1 aromatic rings. The Morgan fingerprint density at radius 2 is 2.22 bits per heavy atom. The Bertz CT molecular complexity index is 158. The maximum atomic E-state index is 4.13. The Morgan fingerprint density at radius 3 is 2.56 bits per heavy atom. The Kier molecular flexibility index (Phi) is 6.37. The number of hydrogen-bond donors (Lipinski definition) is 0. The first-order valence-corrected chi connectivity index (χ1v) is 10.8. The van der Waals surface area contributed by atoms with Crippen molar-refractivity contribution in [2.24, 2.45) is 0 Å². The van der Waals surface area contributed by atoms with Gasteiger partial charge in [0.2, 0.25) is 0 Å². The van der Waals surface area contributed by atoms with Crippen molar-refractivity contribution in [2.45, 2.75) is 0 Å². The number of rotatable bonds is 1. The van der Waals surface area contributed by atoms with Crippen LogP contribution in [0.5, 0.6) is 0 Å². The van der Waals surface area contributed by atoms with E-state index < -0.39 is 15.2 Å². The van der Waals surface area contributed by atoms with E-state index in [4.69, 9.17) is 0 Å². The molecule has 1 nitrogen and oxygen atoms in total. The van der Waals surface area contributed by atoms with Gasteiger partial charge in [0.15, 0.2) is 0 Å². The third kappa shape index (κ3) is 3.63. The summed E-state index contributed by atoms with van der Waals surface area (Å²) in [5, 5.41) is 0. The summed E-state index contributed by atoms with van der Waals surface area (Å²) in [6.07, 6.45) is 1.84. The third-order valence-corrected chi connectivity index (χ3v) is 5.30. The van der Waals surface area contributed by atoms with Gasteiger partial charge in [-0.3, -0.25) is 0 Å². The number of hydrogen-bond acceptors (Lipinski definition) is 1. The molecular weight excluding hydrogens is 346 g/mol. The van der Waals surface area contributed by atoms with Gasteiger partial charge in [-0.1, -0.05) is 0 Å². The maximum absolute atomic E-state index is 4.13. The Hall–Kier alpha value is 0.983. The van der Waals surface area contributed by atoms with Crippen molar-refractivity contribution >= 4 is 41.9 Å². The summed E-state index contributed by atoms with van der Waals surface area (Å²) in [7, 11) is 0. The van der Waals surface area contributed by atoms with Crippen LogP contribution in [0.4, 0.5) is 0 Å². The number of aromatic nitrogens is 1. The molecule has 0 aromatic carbocycles. The summed E-state index contributed by atoms with van der Waals surface area (Å²) >= 11 is 2.91. The molecule has 0 radical (unpaired) electrons. The molecule has 1 aromatic heterocycles. The molecule has 1 rings (SSSR count). The van der Waals surface area contributed by atoms with E-state index in [0.29, 0.717) is 0 Å². The zero-order valence-electron chi connectivity index (χ0n) is 4.75. The SMILES string of the molecule is I.[Br][Zn][c]1ccccn1. The van der Waals surface area contributed by atoms with Gasteiger partial charge in [0.1, 0.15) is 0 Å². The second kappa shape index (κ2) is 5.74. The monoisotopic (exact) mass is 349 g/mol. The Labute approximate surface area is 85.6 Å². The standard InChI is InChI=1S/C5H4N.BrH.HI.Zn/c1-2-4-6-5-3-1;;;/h1-4H;2*1H;/q;;;+1/p-1. The molecule has 9 heavy (non-hydrogen) atoms. The van der Waals surface area contributed by atoms with Gasteiger partial charge in [-0.2, -0.15) is 0 Å². The van der Waals surface area contributed by atoms with Gasteiger partial charge in [-0.15, -0.1) is 24.0 Å². The summed E-state index contributed by atoms with van der Waals surface area (Å²) in [6, 6.07) is 6.03. The van der Waals surface area contributed by atoms with Crippen LogP contribution in [-0.2, 0) is 15.2 Å².